The Kier molecular flexibility index (Phi) is 7.80. The van der Waals surface area contributed by atoms with Gasteiger partial charge < -0.3 is 15.0 Å². The highest BCUT2D eigenvalue weighted by Gasteiger charge is 2.16. The van der Waals surface area contributed by atoms with Gasteiger partial charge in [0.05, 0.1) is 30.5 Å². The Morgan fingerprint density at radius 1 is 1.19 bits per heavy atom. The number of hydrazone groups is 1. The van der Waals surface area contributed by atoms with Crippen LogP contribution in [-0.2, 0) is 4.79 Å². The van der Waals surface area contributed by atoms with Gasteiger partial charge in [-0.2, -0.15) is 5.10 Å². The number of nitrogens with zero attached hydrogens (tertiary/aromatic N) is 3. The van der Waals surface area contributed by atoms with Crippen molar-refractivity contribution >= 4 is 29.2 Å². The van der Waals surface area contributed by atoms with Crippen LogP contribution in [-0.4, -0.2) is 43.8 Å². The molecule has 1 saturated heterocycles. The van der Waals surface area contributed by atoms with Crippen molar-refractivity contribution in [3.8, 4) is 5.75 Å². The molecule has 0 unspecified atom stereocenters. The van der Waals surface area contributed by atoms with E-state index in [2.05, 4.69) is 20.7 Å². The molecule has 0 atom stereocenters. The lowest BCUT2D eigenvalue weighted by molar-refractivity contribution is -0.384. The second-order valence-electron chi connectivity index (χ2n) is 7.25. The fourth-order valence-corrected chi connectivity index (χ4v) is 3.54. The highest BCUT2D eigenvalue weighted by molar-refractivity contribution is 5.90. The Morgan fingerprint density at radius 2 is 1.94 bits per heavy atom. The van der Waals surface area contributed by atoms with Crippen LogP contribution in [0.1, 0.15) is 31.2 Å². The molecule has 1 aliphatic rings. The summed E-state index contributed by atoms with van der Waals surface area (Å²) in [6.45, 7) is 1.80. The van der Waals surface area contributed by atoms with Gasteiger partial charge in [-0.25, -0.2) is 5.43 Å². The van der Waals surface area contributed by atoms with E-state index in [1.165, 1.54) is 31.2 Å². The van der Waals surface area contributed by atoms with E-state index in [0.29, 0.717) is 17.0 Å². The van der Waals surface area contributed by atoms with Gasteiger partial charge in [0.15, 0.2) is 0 Å². The van der Waals surface area contributed by atoms with Gasteiger partial charge in [-0.1, -0.05) is 25.0 Å². The number of methoxy groups -OCH3 is 1. The predicted octanol–water partition coefficient (Wildman–Crippen LogP) is 3.55. The summed E-state index contributed by atoms with van der Waals surface area (Å²) in [5.74, 6) is 0.293. The Balaban J connectivity index is 1.67. The maximum absolute atomic E-state index is 12.2. The summed E-state index contributed by atoms with van der Waals surface area (Å²) in [5, 5.41) is 18.2. The molecule has 2 aromatic carbocycles. The summed E-state index contributed by atoms with van der Waals surface area (Å²) in [6.07, 6.45) is 6.00. The van der Waals surface area contributed by atoms with Crippen LogP contribution in [0.25, 0.3) is 0 Å². The third-order valence-electron chi connectivity index (χ3n) is 5.11. The van der Waals surface area contributed by atoms with Crippen molar-refractivity contribution in [2.45, 2.75) is 25.7 Å². The molecule has 9 heteroatoms. The van der Waals surface area contributed by atoms with E-state index in [1.54, 1.807) is 19.2 Å². The summed E-state index contributed by atoms with van der Waals surface area (Å²) < 4.78 is 5.24. The number of benzene rings is 2. The Labute approximate surface area is 181 Å². The third kappa shape index (κ3) is 6.18. The number of nitro benzene ring substituents is 1. The molecular weight excluding hydrogens is 398 g/mol. The van der Waals surface area contributed by atoms with Gasteiger partial charge in [0.2, 0.25) is 0 Å². The number of rotatable bonds is 8. The molecule has 2 aromatic rings. The minimum atomic E-state index is -0.431. The summed E-state index contributed by atoms with van der Waals surface area (Å²) in [4.78, 5) is 25.2. The molecule has 3 rings (SSSR count). The van der Waals surface area contributed by atoms with Crippen LogP contribution < -0.4 is 20.4 Å². The van der Waals surface area contributed by atoms with Crippen LogP contribution in [0.4, 0.5) is 17.1 Å². The number of ether oxygens (including phenoxy) is 1. The molecule has 0 saturated carbocycles. The first-order valence-corrected chi connectivity index (χ1v) is 10.3. The van der Waals surface area contributed by atoms with E-state index in [9.17, 15) is 14.9 Å². The van der Waals surface area contributed by atoms with E-state index in [-0.39, 0.29) is 18.1 Å². The lowest BCUT2D eigenvalue weighted by Crippen LogP contribution is -2.27. The molecule has 0 spiro atoms. The van der Waals surface area contributed by atoms with E-state index >= 15 is 0 Å². The summed E-state index contributed by atoms with van der Waals surface area (Å²) >= 11 is 0. The van der Waals surface area contributed by atoms with Gasteiger partial charge in [0.1, 0.15) is 5.75 Å². The molecule has 31 heavy (non-hydrogen) atoms. The van der Waals surface area contributed by atoms with E-state index in [1.807, 2.05) is 18.2 Å². The van der Waals surface area contributed by atoms with Crippen LogP contribution in [0.2, 0.25) is 0 Å². The van der Waals surface area contributed by atoms with E-state index < -0.39 is 4.92 Å². The minimum absolute atomic E-state index is 0.00559. The average Bonchev–Trinajstić information content (AvgIpc) is 3.07. The first-order chi connectivity index (χ1) is 15.1. The molecule has 1 aliphatic heterocycles. The van der Waals surface area contributed by atoms with Crippen LogP contribution in [0, 0.1) is 10.1 Å². The van der Waals surface area contributed by atoms with Gasteiger partial charge in [-0.3, -0.25) is 14.9 Å². The number of carbonyl (C=O) groups is 1. The SMILES string of the molecule is COc1ccccc1NCC(=O)N/N=C/c1cc([N+](=O)[O-])ccc1N1CCCCCC1. The topological polar surface area (TPSA) is 109 Å². The van der Waals surface area contributed by atoms with Gasteiger partial charge in [-0.05, 0) is 31.0 Å². The first-order valence-electron chi connectivity index (χ1n) is 10.3. The summed E-state index contributed by atoms with van der Waals surface area (Å²) in [5.41, 5.74) is 4.65. The zero-order chi connectivity index (χ0) is 22.1. The van der Waals surface area contributed by atoms with Gasteiger partial charge in [0, 0.05) is 36.5 Å². The highest BCUT2D eigenvalue weighted by atomic mass is 16.6. The highest BCUT2D eigenvalue weighted by Crippen LogP contribution is 2.27. The van der Waals surface area contributed by atoms with Crippen LogP contribution >= 0.6 is 0 Å². The second kappa shape index (κ2) is 11.0. The smallest absolute Gasteiger partial charge is 0.270 e. The lowest BCUT2D eigenvalue weighted by Gasteiger charge is -2.24. The van der Waals surface area contributed by atoms with Crippen molar-refractivity contribution in [2.75, 3.05) is 37.0 Å². The molecule has 1 amide bonds. The molecule has 9 nitrogen and oxygen atoms in total. The molecule has 0 aromatic heterocycles. The number of nitrogens with one attached hydrogen (secondary N) is 2. The van der Waals surface area contributed by atoms with Gasteiger partial charge >= 0.3 is 0 Å². The molecule has 0 aliphatic carbocycles. The zero-order valence-electron chi connectivity index (χ0n) is 17.5. The number of carbonyl (C=O) groups excluding carboxylic acids is 1. The predicted molar refractivity (Wildman–Crippen MR) is 121 cm³/mol. The summed E-state index contributed by atoms with van der Waals surface area (Å²) in [7, 11) is 1.56. The zero-order valence-corrected chi connectivity index (χ0v) is 17.5. The molecular formula is C22H27N5O4. The van der Waals surface area contributed by atoms with Gasteiger partial charge in [-0.15, -0.1) is 0 Å². The fraction of sp³-hybridized carbons (Fsp3) is 0.364. The molecule has 164 valence electrons. The number of anilines is 2. The number of para-hydroxylation sites is 2. The monoisotopic (exact) mass is 425 g/mol. The number of hydrogen-bond acceptors (Lipinski definition) is 7. The molecule has 2 N–H and O–H groups in total. The Morgan fingerprint density at radius 3 is 2.65 bits per heavy atom. The lowest BCUT2D eigenvalue weighted by atomic mass is 10.1. The van der Waals surface area contributed by atoms with Crippen LogP contribution in [0.5, 0.6) is 5.75 Å². The van der Waals surface area contributed by atoms with Crippen LogP contribution in [0.15, 0.2) is 47.6 Å². The number of hydrogen-bond donors (Lipinski definition) is 2. The Bertz CT molecular complexity index is 939. The molecule has 1 fully saturated rings. The normalized spacial score (nSPS) is 14.2. The van der Waals surface area contributed by atoms with Crippen LogP contribution in [0.3, 0.4) is 0 Å². The van der Waals surface area contributed by atoms with Gasteiger partial charge in [0.25, 0.3) is 11.6 Å². The molecule has 0 bridgehead atoms. The standard InChI is InChI=1S/C22H27N5O4/c1-31-21-9-5-4-8-19(21)23-16-22(28)25-24-15-17-14-18(27(29)30)10-11-20(17)26-12-6-2-3-7-13-26/h4-5,8-11,14-15,23H,2-3,6-7,12-13,16H2,1H3,(H,25,28)/b24-15+. The van der Waals surface area contributed by atoms with Crippen molar-refractivity contribution in [3.05, 3.63) is 58.1 Å². The van der Waals surface area contributed by atoms with Crippen molar-refractivity contribution in [2.24, 2.45) is 5.10 Å². The van der Waals surface area contributed by atoms with Crippen molar-refractivity contribution in [3.63, 3.8) is 0 Å². The molecule has 0 radical (unpaired) electrons. The van der Waals surface area contributed by atoms with E-state index in [0.717, 1.165) is 31.6 Å². The number of amides is 1. The maximum Gasteiger partial charge on any atom is 0.270 e. The van der Waals surface area contributed by atoms with Crippen molar-refractivity contribution < 1.29 is 14.5 Å². The maximum atomic E-state index is 12.2. The largest absolute Gasteiger partial charge is 0.495 e. The molecule has 1 heterocycles. The van der Waals surface area contributed by atoms with Crippen molar-refractivity contribution in [1.29, 1.82) is 0 Å². The minimum Gasteiger partial charge on any atom is -0.495 e. The fourth-order valence-electron chi connectivity index (χ4n) is 3.54. The number of non-ortho nitro benzene ring substituents is 1. The Hall–Kier alpha value is -3.62. The third-order valence-corrected chi connectivity index (χ3v) is 5.11. The number of nitro groups is 1. The van der Waals surface area contributed by atoms with E-state index in [4.69, 9.17) is 4.74 Å². The summed E-state index contributed by atoms with van der Waals surface area (Å²) in [6, 6.07) is 12.0. The first kappa shape index (κ1) is 22.1. The quantitative estimate of drug-likeness (QED) is 0.380. The second-order valence-corrected chi connectivity index (χ2v) is 7.25. The average molecular weight is 425 g/mol. The van der Waals surface area contributed by atoms with Crippen molar-refractivity contribution in [1.82, 2.24) is 5.43 Å².